The fraction of sp³-hybridized carbons (Fsp3) is 0.533. The Morgan fingerprint density at radius 3 is 3.00 bits per heavy atom. The second-order valence-electron chi connectivity index (χ2n) is 5.01. The van der Waals surface area contributed by atoms with Gasteiger partial charge in [0.15, 0.2) is 0 Å². The summed E-state index contributed by atoms with van der Waals surface area (Å²) in [4.78, 5) is 14.5. The molecule has 1 amide bonds. The molecule has 0 aromatic heterocycles. The number of nitrogens with one attached hydrogen (secondary N) is 1. The summed E-state index contributed by atoms with van der Waals surface area (Å²) in [6.07, 6.45) is 0.116. The SMILES string of the molecule is CCNc1cc(C)ccc1C(=O)N1CCOC(C)C1. The smallest absolute Gasteiger partial charge is 0.256 e. The largest absolute Gasteiger partial charge is 0.385 e. The second kappa shape index (κ2) is 6.06. The molecule has 1 aromatic carbocycles. The molecule has 1 atom stereocenters. The standard InChI is InChI=1S/C15H22N2O2/c1-4-16-14-9-11(2)5-6-13(14)15(18)17-7-8-19-12(3)10-17/h5-6,9,12,16H,4,7-8,10H2,1-3H3. The number of carbonyl (C=O) groups excluding carboxylic acids is 1. The molecule has 0 saturated carbocycles. The van der Waals surface area contributed by atoms with Gasteiger partial charge >= 0.3 is 0 Å². The third-order valence-electron chi connectivity index (χ3n) is 3.30. The number of rotatable bonds is 3. The van der Waals surface area contributed by atoms with Gasteiger partial charge in [0.2, 0.25) is 0 Å². The fourth-order valence-corrected chi connectivity index (χ4v) is 2.35. The molecule has 19 heavy (non-hydrogen) atoms. The van der Waals surface area contributed by atoms with Gasteiger partial charge in [0.05, 0.1) is 18.3 Å². The number of benzene rings is 1. The van der Waals surface area contributed by atoms with E-state index in [2.05, 4.69) is 5.32 Å². The topological polar surface area (TPSA) is 41.6 Å². The van der Waals surface area contributed by atoms with Gasteiger partial charge in [-0.1, -0.05) is 6.07 Å². The van der Waals surface area contributed by atoms with Gasteiger partial charge in [-0.3, -0.25) is 4.79 Å². The van der Waals surface area contributed by atoms with Gasteiger partial charge in [0.25, 0.3) is 5.91 Å². The molecule has 1 unspecified atom stereocenters. The minimum atomic E-state index is 0.0890. The Morgan fingerprint density at radius 1 is 1.53 bits per heavy atom. The summed E-state index contributed by atoms with van der Waals surface area (Å²) >= 11 is 0. The van der Waals surface area contributed by atoms with Crippen molar-refractivity contribution >= 4 is 11.6 Å². The van der Waals surface area contributed by atoms with Crippen LogP contribution in [0.5, 0.6) is 0 Å². The Labute approximate surface area is 114 Å². The number of hydrogen-bond donors (Lipinski definition) is 1. The lowest BCUT2D eigenvalue weighted by atomic mass is 10.1. The number of nitrogens with zero attached hydrogens (tertiary/aromatic N) is 1. The van der Waals surface area contributed by atoms with Crippen molar-refractivity contribution in [3.63, 3.8) is 0 Å². The molecule has 1 aliphatic heterocycles. The Morgan fingerprint density at radius 2 is 2.32 bits per heavy atom. The fourth-order valence-electron chi connectivity index (χ4n) is 2.35. The van der Waals surface area contributed by atoms with E-state index >= 15 is 0 Å². The molecule has 4 heteroatoms. The van der Waals surface area contributed by atoms with Crippen LogP contribution in [0.2, 0.25) is 0 Å². The highest BCUT2D eigenvalue weighted by Crippen LogP contribution is 2.20. The quantitative estimate of drug-likeness (QED) is 0.908. The summed E-state index contributed by atoms with van der Waals surface area (Å²) in [5, 5.41) is 3.27. The van der Waals surface area contributed by atoms with Crippen molar-refractivity contribution in [2.45, 2.75) is 26.9 Å². The van der Waals surface area contributed by atoms with Crippen molar-refractivity contribution in [2.75, 3.05) is 31.6 Å². The van der Waals surface area contributed by atoms with Crippen LogP contribution in [-0.4, -0.2) is 43.2 Å². The molecular weight excluding hydrogens is 240 g/mol. The first-order chi connectivity index (χ1) is 9.11. The number of anilines is 1. The average molecular weight is 262 g/mol. The minimum absolute atomic E-state index is 0.0890. The van der Waals surface area contributed by atoms with E-state index < -0.39 is 0 Å². The van der Waals surface area contributed by atoms with Gasteiger partial charge in [-0.2, -0.15) is 0 Å². The van der Waals surface area contributed by atoms with Gasteiger partial charge in [-0.05, 0) is 38.5 Å². The summed E-state index contributed by atoms with van der Waals surface area (Å²) in [6.45, 7) is 8.83. The molecule has 1 fully saturated rings. The Hall–Kier alpha value is -1.55. The highest BCUT2D eigenvalue weighted by atomic mass is 16.5. The Kier molecular flexibility index (Phi) is 4.43. The molecule has 0 aliphatic carbocycles. The van der Waals surface area contributed by atoms with Crippen molar-refractivity contribution in [3.8, 4) is 0 Å². The second-order valence-corrected chi connectivity index (χ2v) is 5.01. The van der Waals surface area contributed by atoms with Crippen LogP contribution in [-0.2, 0) is 4.74 Å². The Bertz CT molecular complexity index is 459. The van der Waals surface area contributed by atoms with E-state index in [1.54, 1.807) is 0 Å². The van der Waals surface area contributed by atoms with E-state index in [-0.39, 0.29) is 12.0 Å². The molecule has 1 aromatic rings. The van der Waals surface area contributed by atoms with Crippen molar-refractivity contribution in [1.82, 2.24) is 4.90 Å². The lowest BCUT2D eigenvalue weighted by Gasteiger charge is -2.31. The first kappa shape index (κ1) is 13.9. The minimum Gasteiger partial charge on any atom is -0.385 e. The highest BCUT2D eigenvalue weighted by molar-refractivity contribution is 5.99. The van der Waals surface area contributed by atoms with Crippen LogP contribution in [0, 0.1) is 6.92 Å². The maximum absolute atomic E-state index is 12.6. The molecular formula is C15H22N2O2. The number of amides is 1. The summed E-state index contributed by atoms with van der Waals surface area (Å²) in [5.41, 5.74) is 2.83. The summed E-state index contributed by atoms with van der Waals surface area (Å²) in [5.74, 6) is 0.0890. The monoisotopic (exact) mass is 262 g/mol. The van der Waals surface area contributed by atoms with Crippen molar-refractivity contribution < 1.29 is 9.53 Å². The summed E-state index contributed by atoms with van der Waals surface area (Å²) in [7, 11) is 0. The maximum atomic E-state index is 12.6. The van der Waals surface area contributed by atoms with Gasteiger partial charge in [0, 0.05) is 25.3 Å². The van der Waals surface area contributed by atoms with Crippen molar-refractivity contribution in [3.05, 3.63) is 29.3 Å². The van der Waals surface area contributed by atoms with Crippen LogP contribution in [0.3, 0.4) is 0 Å². The Balaban J connectivity index is 2.22. The van der Waals surface area contributed by atoms with Gasteiger partial charge in [-0.25, -0.2) is 0 Å². The van der Waals surface area contributed by atoms with Gasteiger partial charge in [-0.15, -0.1) is 0 Å². The average Bonchev–Trinajstić information content (AvgIpc) is 2.39. The molecule has 2 rings (SSSR count). The molecule has 4 nitrogen and oxygen atoms in total. The van der Waals surface area contributed by atoms with E-state index in [1.165, 1.54) is 0 Å². The number of morpholine rings is 1. The molecule has 104 valence electrons. The number of aryl methyl sites for hydroxylation is 1. The van der Waals surface area contributed by atoms with Crippen LogP contribution >= 0.6 is 0 Å². The molecule has 0 spiro atoms. The van der Waals surface area contributed by atoms with Crippen molar-refractivity contribution in [2.24, 2.45) is 0 Å². The zero-order chi connectivity index (χ0) is 13.8. The zero-order valence-corrected chi connectivity index (χ0v) is 11.9. The normalized spacial score (nSPS) is 19.3. The predicted octanol–water partition coefficient (Wildman–Crippen LogP) is 2.29. The predicted molar refractivity (Wildman–Crippen MR) is 76.7 cm³/mol. The lowest BCUT2D eigenvalue weighted by Crippen LogP contribution is -2.44. The molecule has 1 saturated heterocycles. The van der Waals surface area contributed by atoms with Crippen LogP contribution in [0.25, 0.3) is 0 Å². The summed E-state index contributed by atoms with van der Waals surface area (Å²) < 4.78 is 5.48. The maximum Gasteiger partial charge on any atom is 0.256 e. The van der Waals surface area contributed by atoms with Crippen LogP contribution in [0.1, 0.15) is 29.8 Å². The molecule has 1 heterocycles. The van der Waals surface area contributed by atoms with Gasteiger partial charge in [0.1, 0.15) is 0 Å². The first-order valence-electron chi connectivity index (χ1n) is 6.87. The van der Waals surface area contributed by atoms with E-state index in [0.717, 1.165) is 23.4 Å². The molecule has 0 radical (unpaired) electrons. The number of hydrogen-bond acceptors (Lipinski definition) is 3. The van der Waals surface area contributed by atoms with Gasteiger partial charge < -0.3 is 15.0 Å². The number of carbonyl (C=O) groups is 1. The lowest BCUT2D eigenvalue weighted by molar-refractivity contribution is -0.0123. The van der Waals surface area contributed by atoms with E-state index in [1.807, 2.05) is 43.9 Å². The third kappa shape index (κ3) is 3.26. The van der Waals surface area contributed by atoms with E-state index in [9.17, 15) is 4.79 Å². The molecule has 0 bridgehead atoms. The first-order valence-corrected chi connectivity index (χ1v) is 6.87. The van der Waals surface area contributed by atoms with Crippen molar-refractivity contribution in [1.29, 1.82) is 0 Å². The molecule has 1 aliphatic rings. The highest BCUT2D eigenvalue weighted by Gasteiger charge is 2.24. The summed E-state index contributed by atoms with van der Waals surface area (Å²) in [6, 6.07) is 5.92. The van der Waals surface area contributed by atoms with Crippen LogP contribution in [0.4, 0.5) is 5.69 Å². The molecule has 1 N–H and O–H groups in total. The number of ether oxygens (including phenoxy) is 1. The third-order valence-corrected chi connectivity index (χ3v) is 3.30. The zero-order valence-electron chi connectivity index (χ0n) is 11.9. The van der Waals surface area contributed by atoms with Crippen LogP contribution in [0.15, 0.2) is 18.2 Å². The van der Waals surface area contributed by atoms with Crippen LogP contribution < -0.4 is 5.32 Å². The van der Waals surface area contributed by atoms with E-state index in [4.69, 9.17) is 4.74 Å². The van der Waals surface area contributed by atoms with E-state index in [0.29, 0.717) is 19.7 Å².